The van der Waals surface area contributed by atoms with Gasteiger partial charge in [0.15, 0.2) is 0 Å². The van der Waals surface area contributed by atoms with E-state index in [1.165, 1.54) is 6.07 Å². The van der Waals surface area contributed by atoms with E-state index in [4.69, 9.17) is 4.74 Å². The molecule has 0 bridgehead atoms. The molecule has 0 aliphatic heterocycles. The second-order valence-corrected chi connectivity index (χ2v) is 4.90. The van der Waals surface area contributed by atoms with Crippen molar-refractivity contribution >= 4 is 15.9 Å². The summed E-state index contributed by atoms with van der Waals surface area (Å²) in [5.74, 6) is 0.284. The second-order valence-electron chi connectivity index (χ2n) is 4.05. The molecule has 4 heteroatoms. The number of hydrogen-bond donors (Lipinski definition) is 1. The Bertz CT molecular complexity index is 572. The average Bonchev–Trinajstić information content (AvgIpc) is 2.41. The van der Waals surface area contributed by atoms with Crippen molar-refractivity contribution in [1.82, 2.24) is 0 Å². The van der Waals surface area contributed by atoms with Gasteiger partial charge in [0.1, 0.15) is 17.7 Å². The molecule has 1 atom stereocenters. The minimum absolute atomic E-state index is 0.263. The van der Waals surface area contributed by atoms with Crippen molar-refractivity contribution in [3.8, 4) is 5.75 Å². The van der Waals surface area contributed by atoms with Gasteiger partial charge in [-0.25, -0.2) is 4.39 Å². The van der Waals surface area contributed by atoms with E-state index >= 15 is 0 Å². The van der Waals surface area contributed by atoms with Crippen LogP contribution in [-0.2, 0) is 0 Å². The molecule has 100 valence electrons. The summed E-state index contributed by atoms with van der Waals surface area (Å²) in [6.45, 7) is 2.46. The molecule has 0 aromatic heterocycles. The highest BCUT2D eigenvalue weighted by atomic mass is 79.9. The zero-order valence-electron chi connectivity index (χ0n) is 10.4. The summed E-state index contributed by atoms with van der Waals surface area (Å²) in [6, 6.07) is 11.4. The Morgan fingerprint density at radius 3 is 2.63 bits per heavy atom. The Labute approximate surface area is 120 Å². The first-order chi connectivity index (χ1) is 9.13. The van der Waals surface area contributed by atoms with E-state index in [0.717, 1.165) is 4.47 Å². The Kier molecular flexibility index (Phi) is 4.56. The van der Waals surface area contributed by atoms with Crippen LogP contribution in [-0.4, -0.2) is 11.7 Å². The number of halogens is 2. The first-order valence-corrected chi connectivity index (χ1v) is 6.77. The average molecular weight is 325 g/mol. The molecule has 0 saturated heterocycles. The van der Waals surface area contributed by atoms with Crippen LogP contribution in [0.4, 0.5) is 4.39 Å². The highest BCUT2D eigenvalue weighted by molar-refractivity contribution is 9.10. The quantitative estimate of drug-likeness (QED) is 0.918. The monoisotopic (exact) mass is 324 g/mol. The SMILES string of the molecule is CCOc1ccc(C(O)c2ccccc2F)cc1Br. The van der Waals surface area contributed by atoms with Crippen molar-refractivity contribution in [3.05, 3.63) is 63.9 Å². The van der Waals surface area contributed by atoms with Gasteiger partial charge in [-0.2, -0.15) is 0 Å². The highest BCUT2D eigenvalue weighted by Gasteiger charge is 2.15. The summed E-state index contributed by atoms with van der Waals surface area (Å²) < 4.78 is 19.8. The predicted octanol–water partition coefficient (Wildman–Crippen LogP) is 4.07. The van der Waals surface area contributed by atoms with Gasteiger partial charge in [0, 0.05) is 5.56 Å². The van der Waals surface area contributed by atoms with Gasteiger partial charge in [-0.05, 0) is 46.6 Å². The smallest absolute Gasteiger partial charge is 0.133 e. The molecule has 0 spiro atoms. The summed E-state index contributed by atoms with van der Waals surface area (Å²) in [5, 5.41) is 10.2. The minimum atomic E-state index is -0.992. The number of hydrogen-bond acceptors (Lipinski definition) is 2. The Morgan fingerprint density at radius 2 is 2.00 bits per heavy atom. The van der Waals surface area contributed by atoms with Crippen LogP contribution in [0.2, 0.25) is 0 Å². The molecule has 2 aromatic rings. The van der Waals surface area contributed by atoms with Crippen LogP contribution in [0, 0.1) is 5.82 Å². The largest absolute Gasteiger partial charge is 0.493 e. The molecule has 0 fully saturated rings. The van der Waals surface area contributed by atoms with Crippen molar-refractivity contribution < 1.29 is 14.2 Å². The first-order valence-electron chi connectivity index (χ1n) is 5.98. The topological polar surface area (TPSA) is 29.5 Å². The van der Waals surface area contributed by atoms with E-state index in [9.17, 15) is 9.50 Å². The summed E-state index contributed by atoms with van der Waals surface area (Å²) >= 11 is 3.38. The standard InChI is InChI=1S/C15H14BrFO2/c1-2-19-14-8-7-10(9-12(14)16)15(18)11-5-3-4-6-13(11)17/h3-9,15,18H,2H2,1H3. The van der Waals surface area contributed by atoms with Crippen molar-refractivity contribution in [2.24, 2.45) is 0 Å². The van der Waals surface area contributed by atoms with Gasteiger partial charge in [-0.15, -0.1) is 0 Å². The predicted molar refractivity (Wildman–Crippen MR) is 75.8 cm³/mol. The van der Waals surface area contributed by atoms with Gasteiger partial charge in [-0.3, -0.25) is 0 Å². The lowest BCUT2D eigenvalue weighted by Gasteiger charge is -2.14. The lowest BCUT2D eigenvalue weighted by molar-refractivity contribution is 0.214. The van der Waals surface area contributed by atoms with Crippen LogP contribution >= 0.6 is 15.9 Å². The third-order valence-corrected chi connectivity index (χ3v) is 3.39. The summed E-state index contributed by atoms with van der Waals surface area (Å²) in [7, 11) is 0. The molecule has 1 unspecified atom stereocenters. The number of aliphatic hydroxyl groups is 1. The molecule has 0 aliphatic carbocycles. The fraction of sp³-hybridized carbons (Fsp3) is 0.200. The van der Waals surface area contributed by atoms with Gasteiger partial charge in [0.05, 0.1) is 11.1 Å². The van der Waals surface area contributed by atoms with Crippen LogP contribution in [0.5, 0.6) is 5.75 Å². The maximum absolute atomic E-state index is 13.6. The first kappa shape index (κ1) is 14.0. The van der Waals surface area contributed by atoms with Gasteiger partial charge in [0.2, 0.25) is 0 Å². The van der Waals surface area contributed by atoms with Crippen LogP contribution in [0.1, 0.15) is 24.2 Å². The van der Waals surface area contributed by atoms with E-state index in [1.807, 2.05) is 6.92 Å². The van der Waals surface area contributed by atoms with Crippen molar-refractivity contribution in [1.29, 1.82) is 0 Å². The third kappa shape index (κ3) is 3.14. The molecular weight excluding hydrogens is 311 g/mol. The zero-order chi connectivity index (χ0) is 13.8. The van der Waals surface area contributed by atoms with E-state index in [1.54, 1.807) is 36.4 Å². The van der Waals surface area contributed by atoms with E-state index in [2.05, 4.69) is 15.9 Å². The molecule has 2 rings (SSSR count). The maximum atomic E-state index is 13.6. The van der Waals surface area contributed by atoms with E-state index < -0.39 is 11.9 Å². The molecule has 0 saturated carbocycles. The van der Waals surface area contributed by atoms with Crippen molar-refractivity contribution in [2.45, 2.75) is 13.0 Å². The zero-order valence-corrected chi connectivity index (χ0v) is 12.0. The summed E-state index contributed by atoms with van der Waals surface area (Å²) in [6.07, 6.45) is -0.992. The molecule has 2 aromatic carbocycles. The second kappa shape index (κ2) is 6.17. The number of ether oxygens (including phenoxy) is 1. The normalized spacial score (nSPS) is 12.2. The highest BCUT2D eigenvalue weighted by Crippen LogP contribution is 2.31. The Balaban J connectivity index is 2.32. The molecule has 19 heavy (non-hydrogen) atoms. The molecule has 1 N–H and O–H groups in total. The summed E-state index contributed by atoms with van der Waals surface area (Å²) in [5.41, 5.74) is 0.874. The van der Waals surface area contributed by atoms with Crippen LogP contribution in [0.15, 0.2) is 46.9 Å². The lowest BCUT2D eigenvalue weighted by Crippen LogP contribution is -2.03. The van der Waals surface area contributed by atoms with E-state index in [0.29, 0.717) is 17.9 Å². The van der Waals surface area contributed by atoms with Gasteiger partial charge in [0.25, 0.3) is 0 Å². The molecular formula is C15H14BrFO2. The van der Waals surface area contributed by atoms with Gasteiger partial charge < -0.3 is 9.84 Å². The fourth-order valence-corrected chi connectivity index (χ4v) is 2.35. The van der Waals surface area contributed by atoms with Gasteiger partial charge in [-0.1, -0.05) is 24.3 Å². The van der Waals surface area contributed by atoms with Crippen molar-refractivity contribution in [2.75, 3.05) is 6.61 Å². The van der Waals surface area contributed by atoms with E-state index in [-0.39, 0.29) is 5.56 Å². The number of benzene rings is 2. The number of aliphatic hydroxyl groups excluding tert-OH is 1. The third-order valence-electron chi connectivity index (χ3n) is 2.77. The minimum Gasteiger partial charge on any atom is -0.493 e. The molecule has 0 heterocycles. The van der Waals surface area contributed by atoms with Crippen LogP contribution in [0.25, 0.3) is 0 Å². The Morgan fingerprint density at radius 1 is 1.26 bits per heavy atom. The molecule has 0 amide bonds. The maximum Gasteiger partial charge on any atom is 0.133 e. The Hall–Kier alpha value is -1.39. The summed E-state index contributed by atoms with van der Waals surface area (Å²) in [4.78, 5) is 0. The van der Waals surface area contributed by atoms with Gasteiger partial charge >= 0.3 is 0 Å². The molecule has 0 aliphatic rings. The number of rotatable bonds is 4. The van der Waals surface area contributed by atoms with Crippen LogP contribution in [0.3, 0.4) is 0 Å². The fourth-order valence-electron chi connectivity index (χ4n) is 1.84. The molecule has 0 radical (unpaired) electrons. The lowest BCUT2D eigenvalue weighted by atomic mass is 10.0. The van der Waals surface area contributed by atoms with Crippen LogP contribution < -0.4 is 4.74 Å². The molecule has 2 nitrogen and oxygen atoms in total. The van der Waals surface area contributed by atoms with Crippen molar-refractivity contribution in [3.63, 3.8) is 0 Å².